The molecule has 2 rings (SSSR count). The normalized spacial score (nSPS) is 9.84. The third kappa shape index (κ3) is 2.74. The highest BCUT2D eigenvalue weighted by molar-refractivity contribution is 6.37. The summed E-state index contributed by atoms with van der Waals surface area (Å²) in [7, 11) is 1.49. The van der Waals surface area contributed by atoms with Crippen molar-refractivity contribution in [3.63, 3.8) is 0 Å². The molecule has 0 spiro atoms. The van der Waals surface area contributed by atoms with Gasteiger partial charge in [0.15, 0.2) is 5.75 Å². The molecule has 1 heterocycles. The fraction of sp³-hybridized carbons (Fsp3) is 0.0833. The van der Waals surface area contributed by atoms with Crippen molar-refractivity contribution in [2.24, 2.45) is 5.11 Å². The number of nitrogens with zero attached hydrogens (tertiary/aromatic N) is 4. The maximum atomic E-state index is 8.54. The molecule has 0 aliphatic rings. The van der Waals surface area contributed by atoms with E-state index in [0.717, 1.165) is 5.56 Å². The lowest BCUT2D eigenvalue weighted by Crippen LogP contribution is -1.88. The van der Waals surface area contributed by atoms with Gasteiger partial charge in [-0.3, -0.25) is 4.98 Å². The molecule has 0 unspecified atom stereocenters. The lowest BCUT2D eigenvalue weighted by molar-refractivity contribution is 0.415. The van der Waals surface area contributed by atoms with E-state index in [4.69, 9.17) is 33.5 Å². The van der Waals surface area contributed by atoms with Crippen LogP contribution in [0.4, 0.5) is 5.69 Å². The van der Waals surface area contributed by atoms with Crippen LogP contribution >= 0.6 is 23.2 Å². The van der Waals surface area contributed by atoms with Gasteiger partial charge in [-0.25, -0.2) is 0 Å². The summed E-state index contributed by atoms with van der Waals surface area (Å²) < 4.78 is 5.09. The lowest BCUT2D eigenvalue weighted by Gasteiger charge is -2.10. The molecule has 7 heteroatoms. The molecule has 5 nitrogen and oxygen atoms in total. The summed E-state index contributed by atoms with van der Waals surface area (Å²) in [6, 6.07) is 5.11. The average Bonchev–Trinajstić information content (AvgIpc) is 2.39. The SMILES string of the molecule is COc1c(Cl)cc(-c2ccncc2N=[N+]=[N-])cc1Cl. The molecule has 0 amide bonds. The van der Waals surface area contributed by atoms with E-state index in [1.165, 1.54) is 13.3 Å². The van der Waals surface area contributed by atoms with Crippen LogP contribution < -0.4 is 4.74 Å². The van der Waals surface area contributed by atoms with Gasteiger partial charge in [0.05, 0.1) is 22.8 Å². The molecular weight excluding hydrogens is 287 g/mol. The summed E-state index contributed by atoms with van der Waals surface area (Å²) >= 11 is 12.2. The number of hydrogen-bond acceptors (Lipinski definition) is 3. The van der Waals surface area contributed by atoms with Gasteiger partial charge in [0, 0.05) is 17.3 Å². The predicted octanol–water partition coefficient (Wildman–Crippen LogP) is 5.01. The van der Waals surface area contributed by atoms with Crippen LogP contribution in [0.15, 0.2) is 35.7 Å². The Morgan fingerprint density at radius 2 is 2.00 bits per heavy atom. The minimum atomic E-state index is 0.383. The fourth-order valence-corrected chi connectivity index (χ4v) is 2.31. The van der Waals surface area contributed by atoms with E-state index >= 15 is 0 Å². The third-order valence-corrected chi connectivity index (χ3v) is 3.03. The number of pyridine rings is 1. The Kier molecular flexibility index (Phi) is 4.12. The van der Waals surface area contributed by atoms with E-state index in [2.05, 4.69) is 15.0 Å². The monoisotopic (exact) mass is 294 g/mol. The van der Waals surface area contributed by atoms with Crippen LogP contribution in [0, 0.1) is 0 Å². The maximum Gasteiger partial charge on any atom is 0.156 e. The second-order valence-electron chi connectivity index (χ2n) is 3.56. The van der Waals surface area contributed by atoms with Gasteiger partial charge in [0.2, 0.25) is 0 Å². The minimum Gasteiger partial charge on any atom is -0.494 e. The molecule has 0 atom stereocenters. The number of rotatable bonds is 3. The van der Waals surface area contributed by atoms with Crippen LogP contribution in [0.25, 0.3) is 21.6 Å². The highest BCUT2D eigenvalue weighted by atomic mass is 35.5. The molecule has 0 fully saturated rings. The van der Waals surface area contributed by atoms with Gasteiger partial charge >= 0.3 is 0 Å². The first kappa shape index (κ1) is 13.5. The van der Waals surface area contributed by atoms with Crippen LogP contribution in [0.1, 0.15) is 0 Å². The Labute approximate surface area is 119 Å². The average molecular weight is 295 g/mol. The maximum absolute atomic E-state index is 8.54. The van der Waals surface area contributed by atoms with Gasteiger partial charge in [-0.05, 0) is 34.9 Å². The van der Waals surface area contributed by atoms with Gasteiger partial charge in [-0.1, -0.05) is 28.3 Å². The Balaban J connectivity index is 2.63. The largest absolute Gasteiger partial charge is 0.494 e. The highest BCUT2D eigenvalue weighted by Crippen LogP contribution is 2.39. The zero-order valence-corrected chi connectivity index (χ0v) is 11.4. The van der Waals surface area contributed by atoms with E-state index < -0.39 is 0 Å². The van der Waals surface area contributed by atoms with Crippen molar-refractivity contribution >= 4 is 28.9 Å². The zero-order chi connectivity index (χ0) is 13.8. The van der Waals surface area contributed by atoms with E-state index in [-0.39, 0.29) is 0 Å². The minimum absolute atomic E-state index is 0.383. The van der Waals surface area contributed by atoms with E-state index in [9.17, 15) is 0 Å². The quantitative estimate of drug-likeness (QED) is 0.454. The number of benzene rings is 1. The van der Waals surface area contributed by atoms with Gasteiger partial charge in [0.25, 0.3) is 0 Å². The number of methoxy groups -OCH3 is 1. The first-order chi connectivity index (χ1) is 9.17. The van der Waals surface area contributed by atoms with E-state index in [1.807, 2.05) is 0 Å². The van der Waals surface area contributed by atoms with Gasteiger partial charge < -0.3 is 4.74 Å². The Hall–Kier alpha value is -1.94. The molecule has 2 aromatic rings. The molecule has 19 heavy (non-hydrogen) atoms. The Morgan fingerprint density at radius 1 is 1.32 bits per heavy atom. The molecule has 0 aliphatic heterocycles. The van der Waals surface area contributed by atoms with Crippen LogP contribution in [0.2, 0.25) is 10.0 Å². The summed E-state index contributed by atoms with van der Waals surface area (Å²) in [5, 5.41) is 4.35. The molecule has 1 aromatic heterocycles. The standard InChI is InChI=1S/C12H8Cl2N4O/c1-19-12-9(13)4-7(5-10(12)14)8-2-3-16-6-11(8)17-18-15/h2-6H,1H3. The summed E-state index contributed by atoms with van der Waals surface area (Å²) in [6.45, 7) is 0. The highest BCUT2D eigenvalue weighted by Gasteiger charge is 2.11. The number of hydrogen-bond donors (Lipinski definition) is 0. The third-order valence-electron chi connectivity index (χ3n) is 2.47. The van der Waals surface area contributed by atoms with Gasteiger partial charge in [-0.15, -0.1) is 0 Å². The van der Waals surface area contributed by atoms with Crippen molar-refractivity contribution in [2.75, 3.05) is 7.11 Å². The number of ether oxygens (including phenoxy) is 1. The van der Waals surface area contributed by atoms with Crippen LogP contribution in [-0.2, 0) is 0 Å². The van der Waals surface area contributed by atoms with Gasteiger partial charge in [0.1, 0.15) is 0 Å². The number of halogens is 2. The first-order valence-electron chi connectivity index (χ1n) is 5.20. The summed E-state index contributed by atoms with van der Waals surface area (Å²) in [5.41, 5.74) is 10.4. The van der Waals surface area contributed by atoms with Crippen molar-refractivity contribution < 1.29 is 4.74 Å². The van der Waals surface area contributed by atoms with Crippen molar-refractivity contribution in [1.82, 2.24) is 4.98 Å². The molecule has 1 aromatic carbocycles. The molecule has 0 N–H and O–H groups in total. The Bertz CT molecular complexity index is 646. The molecular formula is C12H8Cl2N4O. The molecule has 0 bridgehead atoms. The molecule has 0 saturated carbocycles. The smallest absolute Gasteiger partial charge is 0.156 e. The fourth-order valence-electron chi connectivity index (χ4n) is 1.67. The van der Waals surface area contributed by atoms with Crippen LogP contribution in [0.3, 0.4) is 0 Å². The zero-order valence-electron chi connectivity index (χ0n) is 9.84. The van der Waals surface area contributed by atoms with Gasteiger partial charge in [-0.2, -0.15) is 0 Å². The Morgan fingerprint density at radius 3 is 2.58 bits per heavy atom. The van der Waals surface area contributed by atoms with E-state index in [0.29, 0.717) is 27.0 Å². The van der Waals surface area contributed by atoms with Crippen molar-refractivity contribution in [3.05, 3.63) is 51.1 Å². The topological polar surface area (TPSA) is 70.9 Å². The van der Waals surface area contributed by atoms with Crippen molar-refractivity contribution in [2.45, 2.75) is 0 Å². The summed E-state index contributed by atoms with van der Waals surface area (Å²) in [5.74, 6) is 0.409. The first-order valence-corrected chi connectivity index (χ1v) is 5.95. The molecule has 0 radical (unpaired) electrons. The van der Waals surface area contributed by atoms with Crippen molar-refractivity contribution in [3.8, 4) is 16.9 Å². The molecule has 0 aliphatic carbocycles. The number of azide groups is 1. The van der Waals surface area contributed by atoms with E-state index in [1.54, 1.807) is 24.4 Å². The summed E-state index contributed by atoms with van der Waals surface area (Å²) in [6.07, 6.45) is 3.07. The lowest BCUT2D eigenvalue weighted by atomic mass is 10.1. The predicted molar refractivity (Wildman–Crippen MR) is 75.1 cm³/mol. The van der Waals surface area contributed by atoms with Crippen molar-refractivity contribution in [1.29, 1.82) is 0 Å². The van der Waals surface area contributed by atoms with Crippen LogP contribution in [0.5, 0.6) is 5.75 Å². The second-order valence-corrected chi connectivity index (χ2v) is 4.37. The number of aromatic nitrogens is 1. The molecule has 0 saturated heterocycles. The molecule has 96 valence electrons. The second kappa shape index (κ2) is 5.80. The van der Waals surface area contributed by atoms with Crippen LogP contribution in [-0.4, -0.2) is 12.1 Å². The summed E-state index contributed by atoms with van der Waals surface area (Å²) in [4.78, 5) is 6.68.